The van der Waals surface area contributed by atoms with Gasteiger partial charge in [0, 0.05) is 16.8 Å². The summed E-state index contributed by atoms with van der Waals surface area (Å²) in [5, 5.41) is 2.80. The number of amides is 1. The number of methoxy groups -OCH3 is 2. The van der Waals surface area contributed by atoms with Gasteiger partial charge in [-0.2, -0.15) is 0 Å². The van der Waals surface area contributed by atoms with E-state index in [1.807, 2.05) is 48.5 Å². The lowest BCUT2D eigenvalue weighted by molar-refractivity contribution is -0.115. The normalized spacial score (nSPS) is 11.7. The standard InChI is InChI=1S/C26H23ClFN3O3S/c1-15(25(32)29-18-8-13-22(28)21(27)14-18)35-26-30-23(16-4-9-19(33-2)10-5-16)24(31-26)17-6-11-20(34-3)12-7-17/h4-15H,1-3H3,(H,29,32)(H,30,31). The average Bonchev–Trinajstić information content (AvgIpc) is 3.30. The monoisotopic (exact) mass is 511 g/mol. The van der Waals surface area contributed by atoms with E-state index in [1.54, 1.807) is 21.1 Å². The summed E-state index contributed by atoms with van der Waals surface area (Å²) in [5.41, 5.74) is 3.81. The molecule has 9 heteroatoms. The van der Waals surface area contributed by atoms with E-state index >= 15 is 0 Å². The fourth-order valence-electron chi connectivity index (χ4n) is 3.37. The van der Waals surface area contributed by atoms with Crippen LogP contribution in [0.3, 0.4) is 0 Å². The highest BCUT2D eigenvalue weighted by atomic mass is 35.5. The maximum absolute atomic E-state index is 13.4. The van der Waals surface area contributed by atoms with Crippen molar-refractivity contribution in [2.24, 2.45) is 0 Å². The number of rotatable bonds is 8. The molecule has 1 unspecified atom stereocenters. The van der Waals surface area contributed by atoms with Gasteiger partial charge >= 0.3 is 0 Å². The van der Waals surface area contributed by atoms with Crippen LogP contribution in [0.1, 0.15) is 6.92 Å². The van der Waals surface area contributed by atoms with Gasteiger partial charge < -0.3 is 19.8 Å². The number of benzene rings is 3. The number of halogens is 2. The van der Waals surface area contributed by atoms with E-state index < -0.39 is 11.1 Å². The largest absolute Gasteiger partial charge is 0.497 e. The summed E-state index contributed by atoms with van der Waals surface area (Å²) in [5.74, 6) is 0.696. The molecule has 0 fully saturated rings. The zero-order chi connectivity index (χ0) is 24.9. The molecule has 0 saturated heterocycles. The van der Waals surface area contributed by atoms with Crippen molar-refractivity contribution >= 4 is 35.0 Å². The van der Waals surface area contributed by atoms with Crippen molar-refractivity contribution in [1.82, 2.24) is 9.97 Å². The van der Waals surface area contributed by atoms with Crippen molar-refractivity contribution in [1.29, 1.82) is 0 Å². The first-order valence-electron chi connectivity index (χ1n) is 10.7. The molecule has 0 aliphatic carbocycles. The first kappa shape index (κ1) is 24.6. The number of nitrogens with zero attached hydrogens (tertiary/aromatic N) is 1. The van der Waals surface area contributed by atoms with Crippen LogP contribution in [0.2, 0.25) is 5.02 Å². The second kappa shape index (κ2) is 10.8. The molecule has 3 aromatic carbocycles. The van der Waals surface area contributed by atoms with Gasteiger partial charge in [0.15, 0.2) is 5.16 Å². The molecule has 0 spiro atoms. The molecule has 180 valence electrons. The minimum atomic E-state index is -0.542. The van der Waals surface area contributed by atoms with Crippen molar-refractivity contribution < 1.29 is 18.7 Å². The fraction of sp³-hybridized carbons (Fsp3) is 0.154. The molecular formula is C26H23ClFN3O3S. The maximum atomic E-state index is 13.4. The number of aromatic nitrogens is 2. The summed E-state index contributed by atoms with van der Waals surface area (Å²) in [7, 11) is 3.24. The number of aromatic amines is 1. The Morgan fingerprint density at radius 3 is 2.17 bits per heavy atom. The van der Waals surface area contributed by atoms with Gasteiger partial charge in [0.2, 0.25) is 5.91 Å². The molecule has 0 bridgehead atoms. The third-order valence-corrected chi connectivity index (χ3v) is 6.54. The highest BCUT2D eigenvalue weighted by Gasteiger charge is 2.20. The highest BCUT2D eigenvalue weighted by molar-refractivity contribution is 8.00. The van der Waals surface area contributed by atoms with Crippen LogP contribution in [0.4, 0.5) is 10.1 Å². The topological polar surface area (TPSA) is 76.2 Å². The highest BCUT2D eigenvalue weighted by Crippen LogP contribution is 2.35. The number of carbonyl (C=O) groups is 1. The Morgan fingerprint density at radius 1 is 1.00 bits per heavy atom. The maximum Gasteiger partial charge on any atom is 0.237 e. The Morgan fingerprint density at radius 2 is 1.60 bits per heavy atom. The zero-order valence-corrected chi connectivity index (χ0v) is 20.8. The Hall–Kier alpha value is -3.49. The van der Waals surface area contributed by atoms with E-state index in [0.29, 0.717) is 10.8 Å². The molecule has 1 atom stereocenters. The zero-order valence-electron chi connectivity index (χ0n) is 19.3. The molecule has 0 aliphatic heterocycles. The van der Waals surface area contributed by atoms with Crippen molar-refractivity contribution in [3.63, 3.8) is 0 Å². The van der Waals surface area contributed by atoms with E-state index in [-0.39, 0.29) is 10.9 Å². The van der Waals surface area contributed by atoms with Gasteiger partial charge in [0.25, 0.3) is 0 Å². The average molecular weight is 512 g/mol. The van der Waals surface area contributed by atoms with Gasteiger partial charge in [0.05, 0.1) is 35.9 Å². The molecule has 1 aromatic heterocycles. The first-order chi connectivity index (χ1) is 16.9. The summed E-state index contributed by atoms with van der Waals surface area (Å²) in [4.78, 5) is 20.9. The van der Waals surface area contributed by atoms with Crippen molar-refractivity contribution in [3.8, 4) is 34.0 Å². The summed E-state index contributed by atoms with van der Waals surface area (Å²) < 4.78 is 24.0. The number of thioether (sulfide) groups is 1. The molecule has 4 rings (SSSR count). The molecule has 1 amide bonds. The van der Waals surface area contributed by atoms with Crippen LogP contribution >= 0.6 is 23.4 Å². The van der Waals surface area contributed by atoms with Crippen molar-refractivity contribution in [2.45, 2.75) is 17.3 Å². The number of anilines is 1. The molecule has 1 heterocycles. The minimum absolute atomic E-state index is 0.0533. The van der Waals surface area contributed by atoms with Crippen LogP contribution in [0.15, 0.2) is 71.9 Å². The van der Waals surface area contributed by atoms with E-state index in [1.165, 1.54) is 30.0 Å². The van der Waals surface area contributed by atoms with Crippen LogP contribution in [-0.4, -0.2) is 35.3 Å². The SMILES string of the molecule is COc1ccc(-c2nc(SC(C)C(=O)Nc3ccc(F)c(Cl)c3)[nH]c2-c2ccc(OC)cc2)cc1. The Balaban J connectivity index is 1.60. The number of imidazole rings is 1. The molecule has 0 radical (unpaired) electrons. The summed E-state index contributed by atoms with van der Waals surface area (Å²) >= 11 is 7.10. The predicted octanol–water partition coefficient (Wildman–Crippen LogP) is 6.67. The van der Waals surface area contributed by atoms with Crippen molar-refractivity contribution in [3.05, 3.63) is 77.6 Å². The molecule has 6 nitrogen and oxygen atoms in total. The molecule has 2 N–H and O–H groups in total. The van der Waals surface area contributed by atoms with Gasteiger partial charge in [-0.05, 0) is 73.7 Å². The van der Waals surface area contributed by atoms with Crippen LogP contribution in [-0.2, 0) is 4.79 Å². The van der Waals surface area contributed by atoms with Gasteiger partial charge in [0.1, 0.15) is 17.3 Å². The van der Waals surface area contributed by atoms with Gasteiger partial charge in [-0.15, -0.1) is 0 Å². The number of ether oxygens (including phenoxy) is 2. The molecule has 0 aliphatic rings. The number of H-pyrrole nitrogens is 1. The van der Waals surface area contributed by atoms with Crippen LogP contribution in [0.5, 0.6) is 11.5 Å². The number of hydrogen-bond donors (Lipinski definition) is 2. The quantitative estimate of drug-likeness (QED) is 0.258. The van der Waals surface area contributed by atoms with E-state index in [2.05, 4.69) is 10.3 Å². The lowest BCUT2D eigenvalue weighted by Crippen LogP contribution is -2.22. The van der Waals surface area contributed by atoms with E-state index in [4.69, 9.17) is 26.1 Å². The Bertz CT molecular complexity index is 1260. The first-order valence-corrected chi connectivity index (χ1v) is 11.9. The van der Waals surface area contributed by atoms with Crippen LogP contribution < -0.4 is 14.8 Å². The molecule has 4 aromatic rings. The molecule has 0 saturated carbocycles. The Kier molecular flexibility index (Phi) is 7.63. The molecule has 35 heavy (non-hydrogen) atoms. The summed E-state index contributed by atoms with van der Waals surface area (Å²) in [6, 6.07) is 19.3. The summed E-state index contributed by atoms with van der Waals surface area (Å²) in [6.07, 6.45) is 0. The summed E-state index contributed by atoms with van der Waals surface area (Å²) in [6.45, 7) is 1.77. The molecular weight excluding hydrogens is 489 g/mol. The lowest BCUT2D eigenvalue weighted by atomic mass is 10.0. The number of nitrogens with one attached hydrogen (secondary N) is 2. The predicted molar refractivity (Wildman–Crippen MR) is 138 cm³/mol. The minimum Gasteiger partial charge on any atom is -0.497 e. The van der Waals surface area contributed by atoms with Gasteiger partial charge in [-0.1, -0.05) is 23.4 Å². The third kappa shape index (κ3) is 5.78. The van der Waals surface area contributed by atoms with E-state index in [9.17, 15) is 9.18 Å². The van der Waals surface area contributed by atoms with E-state index in [0.717, 1.165) is 34.0 Å². The number of hydrogen-bond acceptors (Lipinski definition) is 5. The third-order valence-electron chi connectivity index (χ3n) is 5.27. The van der Waals surface area contributed by atoms with Gasteiger partial charge in [-0.3, -0.25) is 4.79 Å². The van der Waals surface area contributed by atoms with Crippen LogP contribution in [0, 0.1) is 5.82 Å². The van der Waals surface area contributed by atoms with Gasteiger partial charge in [-0.25, -0.2) is 9.37 Å². The fourth-order valence-corrected chi connectivity index (χ4v) is 4.36. The van der Waals surface area contributed by atoms with Crippen LogP contribution in [0.25, 0.3) is 22.5 Å². The number of carbonyl (C=O) groups excluding carboxylic acids is 1. The smallest absolute Gasteiger partial charge is 0.237 e. The van der Waals surface area contributed by atoms with Crippen molar-refractivity contribution in [2.75, 3.05) is 19.5 Å². The Labute approximate surface area is 211 Å². The second-order valence-electron chi connectivity index (χ2n) is 7.60. The lowest BCUT2D eigenvalue weighted by Gasteiger charge is -2.11. The second-order valence-corrected chi connectivity index (χ2v) is 9.34.